The number of nitrogens with one attached hydrogen (secondary N) is 1. The van der Waals surface area contributed by atoms with Crippen molar-refractivity contribution in [3.63, 3.8) is 0 Å². The zero-order valence-electron chi connectivity index (χ0n) is 10.2. The predicted molar refractivity (Wildman–Crippen MR) is 70.7 cm³/mol. The highest BCUT2D eigenvalue weighted by molar-refractivity contribution is 7.89. The van der Waals surface area contributed by atoms with Crippen molar-refractivity contribution in [3.05, 3.63) is 0 Å². The molecular weight excluding hydrogens is 258 g/mol. The van der Waals surface area contributed by atoms with Crippen LogP contribution < -0.4 is 4.72 Å². The Morgan fingerprint density at radius 3 is 2.59 bits per heavy atom. The zero-order valence-corrected chi connectivity index (χ0v) is 11.8. The van der Waals surface area contributed by atoms with Gasteiger partial charge in [-0.1, -0.05) is 6.42 Å². The minimum atomic E-state index is -3.07. The summed E-state index contributed by atoms with van der Waals surface area (Å²) < 4.78 is 26.2. The first-order valence-corrected chi connectivity index (χ1v) is 8.82. The van der Waals surface area contributed by atoms with Gasteiger partial charge < -0.3 is 0 Å². The molecule has 17 heavy (non-hydrogen) atoms. The molecule has 5 heteroatoms. The average molecular weight is 280 g/mol. The Kier molecular flexibility index (Phi) is 4.72. The highest BCUT2D eigenvalue weighted by Crippen LogP contribution is 2.47. The van der Waals surface area contributed by atoms with Gasteiger partial charge in [-0.3, -0.25) is 0 Å². The van der Waals surface area contributed by atoms with Crippen LogP contribution in [-0.2, 0) is 10.0 Å². The number of alkyl halides is 1. The summed E-state index contributed by atoms with van der Waals surface area (Å²) in [6.07, 6.45) is 6.67. The van der Waals surface area contributed by atoms with Crippen LogP contribution in [0.5, 0.6) is 0 Å². The summed E-state index contributed by atoms with van der Waals surface area (Å²) in [7, 11) is -3.07. The van der Waals surface area contributed by atoms with E-state index < -0.39 is 10.0 Å². The summed E-state index contributed by atoms with van der Waals surface area (Å²) >= 11 is 5.54. The Bertz CT molecular complexity index is 344. The molecule has 3 unspecified atom stereocenters. The highest BCUT2D eigenvalue weighted by atomic mass is 35.5. The van der Waals surface area contributed by atoms with Crippen LogP contribution in [-0.4, -0.2) is 26.6 Å². The van der Waals surface area contributed by atoms with Gasteiger partial charge in [-0.05, 0) is 49.9 Å². The van der Waals surface area contributed by atoms with Gasteiger partial charge in [-0.25, -0.2) is 13.1 Å². The van der Waals surface area contributed by atoms with Gasteiger partial charge in [0.25, 0.3) is 0 Å². The fourth-order valence-electron chi connectivity index (χ4n) is 3.32. The topological polar surface area (TPSA) is 46.2 Å². The lowest BCUT2D eigenvalue weighted by Gasteiger charge is -2.21. The summed E-state index contributed by atoms with van der Waals surface area (Å²) in [5, 5.41) is 0. The Morgan fingerprint density at radius 2 is 2.00 bits per heavy atom. The van der Waals surface area contributed by atoms with E-state index in [1.807, 2.05) is 0 Å². The highest BCUT2D eigenvalue weighted by Gasteiger charge is 2.39. The van der Waals surface area contributed by atoms with E-state index in [1.165, 1.54) is 25.7 Å². The van der Waals surface area contributed by atoms with Crippen LogP contribution in [0.25, 0.3) is 0 Å². The van der Waals surface area contributed by atoms with E-state index in [9.17, 15) is 8.42 Å². The van der Waals surface area contributed by atoms with Crippen LogP contribution in [0.2, 0.25) is 0 Å². The second kappa shape index (κ2) is 5.89. The number of fused-ring (bicyclic) bond motifs is 2. The number of sulfonamides is 1. The summed E-state index contributed by atoms with van der Waals surface area (Å²) in [5.41, 5.74) is 0. The van der Waals surface area contributed by atoms with Crippen molar-refractivity contribution in [1.29, 1.82) is 0 Å². The summed E-state index contributed by atoms with van der Waals surface area (Å²) in [6, 6.07) is 0. The van der Waals surface area contributed by atoms with E-state index >= 15 is 0 Å². The van der Waals surface area contributed by atoms with Crippen molar-refractivity contribution in [2.45, 2.75) is 38.5 Å². The van der Waals surface area contributed by atoms with Gasteiger partial charge in [0.05, 0.1) is 5.75 Å². The third-order valence-corrected chi connectivity index (χ3v) is 5.95. The lowest BCUT2D eigenvalue weighted by Crippen LogP contribution is -2.33. The van der Waals surface area contributed by atoms with E-state index in [0.717, 1.165) is 18.3 Å². The van der Waals surface area contributed by atoms with Crippen LogP contribution in [0.1, 0.15) is 38.5 Å². The van der Waals surface area contributed by atoms with Gasteiger partial charge in [0, 0.05) is 12.4 Å². The Labute approximate surface area is 109 Å². The molecule has 0 aliphatic heterocycles. The minimum absolute atomic E-state index is 0.223. The predicted octanol–water partition coefficient (Wildman–Crippen LogP) is 2.36. The number of unbranched alkanes of at least 4 members (excludes halogenated alkanes) is 1. The molecule has 2 aliphatic rings. The number of rotatable bonds is 7. The smallest absolute Gasteiger partial charge is 0.211 e. The molecule has 0 amide bonds. The van der Waals surface area contributed by atoms with Crippen molar-refractivity contribution in [2.24, 2.45) is 17.8 Å². The standard InChI is InChI=1S/C12H22ClNO2S/c13-5-1-2-6-17(15,16)14-9-12-8-10-3-4-11(12)7-10/h10-12,14H,1-9H2. The molecule has 0 saturated heterocycles. The third-order valence-electron chi connectivity index (χ3n) is 4.25. The van der Waals surface area contributed by atoms with Crippen LogP contribution in [0.15, 0.2) is 0 Å². The quantitative estimate of drug-likeness (QED) is 0.574. The van der Waals surface area contributed by atoms with Gasteiger partial charge in [-0.2, -0.15) is 0 Å². The first-order valence-electron chi connectivity index (χ1n) is 6.64. The molecule has 0 aromatic rings. The van der Waals surface area contributed by atoms with Gasteiger partial charge in [0.2, 0.25) is 10.0 Å². The molecule has 0 aromatic carbocycles. The lowest BCUT2D eigenvalue weighted by molar-refractivity contribution is 0.333. The molecule has 1 N–H and O–H groups in total. The maximum atomic E-state index is 11.7. The average Bonchev–Trinajstić information content (AvgIpc) is 2.88. The molecule has 0 heterocycles. The zero-order chi connectivity index (χ0) is 12.3. The van der Waals surface area contributed by atoms with Crippen LogP contribution >= 0.6 is 11.6 Å². The number of halogens is 1. The van der Waals surface area contributed by atoms with Crippen LogP contribution in [0.3, 0.4) is 0 Å². The van der Waals surface area contributed by atoms with Crippen molar-refractivity contribution < 1.29 is 8.42 Å². The summed E-state index contributed by atoms with van der Waals surface area (Å²) in [4.78, 5) is 0. The van der Waals surface area contributed by atoms with Gasteiger partial charge >= 0.3 is 0 Å². The summed E-state index contributed by atoms with van der Waals surface area (Å²) in [5.74, 6) is 3.02. The van der Waals surface area contributed by atoms with E-state index in [0.29, 0.717) is 24.8 Å². The molecule has 2 aliphatic carbocycles. The molecule has 100 valence electrons. The Hall–Kier alpha value is 0.200. The molecule has 3 nitrogen and oxygen atoms in total. The van der Waals surface area contributed by atoms with Crippen molar-refractivity contribution in [3.8, 4) is 0 Å². The Balaban J connectivity index is 1.70. The van der Waals surface area contributed by atoms with Gasteiger partial charge in [0.1, 0.15) is 0 Å². The normalized spacial score (nSPS) is 32.2. The molecule has 2 rings (SSSR count). The molecule has 2 bridgehead atoms. The minimum Gasteiger partial charge on any atom is -0.215 e. The van der Waals surface area contributed by atoms with Crippen molar-refractivity contribution in [2.75, 3.05) is 18.2 Å². The van der Waals surface area contributed by atoms with Crippen LogP contribution in [0.4, 0.5) is 0 Å². The van der Waals surface area contributed by atoms with Crippen molar-refractivity contribution >= 4 is 21.6 Å². The third kappa shape index (κ3) is 3.83. The van der Waals surface area contributed by atoms with Gasteiger partial charge in [0.15, 0.2) is 0 Å². The van der Waals surface area contributed by atoms with E-state index in [4.69, 9.17) is 11.6 Å². The lowest BCUT2D eigenvalue weighted by atomic mass is 9.89. The molecule has 0 spiro atoms. The van der Waals surface area contributed by atoms with E-state index in [1.54, 1.807) is 0 Å². The maximum absolute atomic E-state index is 11.7. The summed E-state index contributed by atoms with van der Waals surface area (Å²) in [6.45, 7) is 0.657. The number of hydrogen-bond acceptors (Lipinski definition) is 2. The molecule has 3 atom stereocenters. The molecular formula is C12H22ClNO2S. The fourth-order valence-corrected chi connectivity index (χ4v) is 4.70. The molecule has 0 radical (unpaired) electrons. The Morgan fingerprint density at radius 1 is 1.18 bits per heavy atom. The first-order chi connectivity index (χ1) is 8.11. The van der Waals surface area contributed by atoms with E-state index in [-0.39, 0.29) is 5.75 Å². The monoisotopic (exact) mass is 279 g/mol. The maximum Gasteiger partial charge on any atom is 0.211 e. The van der Waals surface area contributed by atoms with Crippen molar-refractivity contribution in [1.82, 2.24) is 4.72 Å². The largest absolute Gasteiger partial charge is 0.215 e. The first kappa shape index (κ1) is 13.6. The molecule has 0 aromatic heterocycles. The second-order valence-corrected chi connectivity index (χ2v) is 7.80. The second-order valence-electron chi connectivity index (χ2n) is 5.50. The van der Waals surface area contributed by atoms with Gasteiger partial charge in [-0.15, -0.1) is 11.6 Å². The fraction of sp³-hybridized carbons (Fsp3) is 1.00. The molecule has 2 saturated carbocycles. The number of hydrogen-bond donors (Lipinski definition) is 1. The van der Waals surface area contributed by atoms with E-state index in [2.05, 4.69) is 4.72 Å². The molecule has 2 fully saturated rings. The van der Waals surface area contributed by atoms with Crippen LogP contribution in [0, 0.1) is 17.8 Å². The SMILES string of the molecule is O=S(=O)(CCCCCl)NCC1CC2CCC1C2.